The van der Waals surface area contributed by atoms with Gasteiger partial charge < -0.3 is 0 Å². The van der Waals surface area contributed by atoms with E-state index in [0.717, 1.165) is 50.1 Å². The van der Waals surface area contributed by atoms with Crippen LogP contribution in [0.4, 0.5) is 0 Å². The van der Waals surface area contributed by atoms with Gasteiger partial charge in [0, 0.05) is 33.7 Å². The van der Waals surface area contributed by atoms with E-state index in [9.17, 15) is 0 Å². The Morgan fingerprint density at radius 2 is 1.74 bits per heavy atom. The number of benzene rings is 3. The quantitative estimate of drug-likeness (QED) is 0.269. The van der Waals surface area contributed by atoms with Crippen LogP contribution in [0.1, 0.15) is 34.8 Å². The maximum absolute atomic E-state index is 6.30. The molecule has 0 saturated carbocycles. The van der Waals surface area contributed by atoms with Crippen molar-refractivity contribution in [2.24, 2.45) is 0 Å². The molecule has 0 saturated heterocycles. The molecule has 0 amide bonds. The van der Waals surface area contributed by atoms with Crippen LogP contribution in [0, 0.1) is 0 Å². The zero-order valence-electron chi connectivity index (χ0n) is 16.8. The van der Waals surface area contributed by atoms with E-state index < -0.39 is 0 Å². The summed E-state index contributed by atoms with van der Waals surface area (Å²) in [6, 6.07) is 22.4. The standard InChI is InChI=1S/C25H19Cl2N3S/c1-2-23-29-21-11-8-17(14-22(21)30(23)20-5-3-4-19(27)15-20)24(25-28-12-13-31-25)16-6-9-18(26)10-7-16/h3-15,24H,2H2,1H3. The molecule has 0 fully saturated rings. The summed E-state index contributed by atoms with van der Waals surface area (Å²) in [7, 11) is 0. The normalized spacial score (nSPS) is 12.4. The Hall–Kier alpha value is -2.66. The van der Waals surface area contributed by atoms with Crippen molar-refractivity contribution < 1.29 is 0 Å². The lowest BCUT2D eigenvalue weighted by Gasteiger charge is -2.17. The van der Waals surface area contributed by atoms with Crippen LogP contribution in [0.25, 0.3) is 16.7 Å². The van der Waals surface area contributed by atoms with E-state index in [1.807, 2.05) is 41.9 Å². The zero-order valence-corrected chi connectivity index (χ0v) is 19.1. The van der Waals surface area contributed by atoms with Crippen molar-refractivity contribution in [1.29, 1.82) is 0 Å². The number of thiazole rings is 1. The molecule has 0 aliphatic rings. The summed E-state index contributed by atoms with van der Waals surface area (Å²) < 4.78 is 2.20. The van der Waals surface area contributed by atoms with Gasteiger partial charge in [-0.15, -0.1) is 11.3 Å². The Balaban J connectivity index is 1.72. The van der Waals surface area contributed by atoms with Crippen LogP contribution in [0.3, 0.4) is 0 Å². The number of aromatic nitrogens is 3. The van der Waals surface area contributed by atoms with Crippen molar-refractivity contribution in [3.8, 4) is 5.69 Å². The van der Waals surface area contributed by atoms with Crippen LogP contribution in [0.15, 0.2) is 78.3 Å². The van der Waals surface area contributed by atoms with E-state index >= 15 is 0 Å². The van der Waals surface area contributed by atoms with Crippen molar-refractivity contribution in [2.45, 2.75) is 19.3 Å². The molecule has 154 valence electrons. The van der Waals surface area contributed by atoms with E-state index in [0.29, 0.717) is 5.02 Å². The van der Waals surface area contributed by atoms with Crippen LogP contribution in [-0.2, 0) is 6.42 Å². The predicted molar refractivity (Wildman–Crippen MR) is 130 cm³/mol. The van der Waals surface area contributed by atoms with Crippen LogP contribution in [0.5, 0.6) is 0 Å². The second-order valence-electron chi connectivity index (χ2n) is 7.30. The molecule has 6 heteroatoms. The number of aryl methyl sites for hydroxylation is 1. The summed E-state index contributed by atoms with van der Waals surface area (Å²) in [4.78, 5) is 9.51. The van der Waals surface area contributed by atoms with Gasteiger partial charge in [-0.05, 0) is 53.6 Å². The highest BCUT2D eigenvalue weighted by atomic mass is 35.5. The second-order valence-corrected chi connectivity index (χ2v) is 9.10. The maximum Gasteiger partial charge on any atom is 0.114 e. The first-order valence-electron chi connectivity index (χ1n) is 10.1. The smallest absolute Gasteiger partial charge is 0.114 e. The molecule has 0 N–H and O–H groups in total. The first-order valence-corrected chi connectivity index (χ1v) is 11.7. The van der Waals surface area contributed by atoms with Gasteiger partial charge in [-0.25, -0.2) is 9.97 Å². The minimum Gasteiger partial charge on any atom is -0.296 e. The minimum atomic E-state index is 0.0226. The van der Waals surface area contributed by atoms with Crippen LogP contribution >= 0.6 is 34.5 Å². The molecule has 0 aliphatic carbocycles. The third-order valence-corrected chi connectivity index (χ3v) is 6.69. The molecule has 2 aromatic heterocycles. The fourth-order valence-electron chi connectivity index (χ4n) is 3.97. The number of nitrogens with zero attached hydrogens (tertiary/aromatic N) is 3. The summed E-state index contributed by atoms with van der Waals surface area (Å²) in [6.07, 6.45) is 2.68. The van der Waals surface area contributed by atoms with Gasteiger partial charge in [0.25, 0.3) is 0 Å². The lowest BCUT2D eigenvalue weighted by molar-refractivity contribution is 0.906. The van der Waals surface area contributed by atoms with Gasteiger partial charge in [0.2, 0.25) is 0 Å². The van der Waals surface area contributed by atoms with Gasteiger partial charge in [0.05, 0.1) is 17.0 Å². The van der Waals surface area contributed by atoms with E-state index in [1.165, 1.54) is 0 Å². The van der Waals surface area contributed by atoms with Gasteiger partial charge in [-0.3, -0.25) is 4.57 Å². The summed E-state index contributed by atoms with van der Waals surface area (Å²) >= 11 is 14.1. The van der Waals surface area contributed by atoms with Crippen molar-refractivity contribution >= 4 is 45.6 Å². The average molecular weight is 464 g/mol. The number of hydrogen-bond acceptors (Lipinski definition) is 3. The summed E-state index contributed by atoms with van der Waals surface area (Å²) in [5, 5.41) is 4.50. The molecular weight excluding hydrogens is 445 g/mol. The molecule has 31 heavy (non-hydrogen) atoms. The molecule has 1 atom stereocenters. The number of imidazole rings is 1. The highest BCUT2D eigenvalue weighted by molar-refractivity contribution is 7.09. The van der Waals surface area contributed by atoms with Crippen LogP contribution < -0.4 is 0 Å². The Morgan fingerprint density at radius 3 is 2.45 bits per heavy atom. The van der Waals surface area contributed by atoms with Crippen molar-refractivity contribution in [1.82, 2.24) is 14.5 Å². The predicted octanol–water partition coefficient (Wildman–Crippen LogP) is 7.53. The molecule has 3 nitrogen and oxygen atoms in total. The molecule has 0 radical (unpaired) electrons. The van der Waals surface area contributed by atoms with Crippen molar-refractivity contribution in [3.05, 3.63) is 110 Å². The van der Waals surface area contributed by atoms with Gasteiger partial charge in [0.15, 0.2) is 0 Å². The van der Waals surface area contributed by atoms with Crippen molar-refractivity contribution in [2.75, 3.05) is 0 Å². The van der Waals surface area contributed by atoms with E-state index in [2.05, 4.69) is 52.9 Å². The number of hydrogen-bond donors (Lipinski definition) is 0. The van der Waals surface area contributed by atoms with Gasteiger partial charge in [-0.1, -0.05) is 54.4 Å². The highest BCUT2D eigenvalue weighted by Gasteiger charge is 2.21. The van der Waals surface area contributed by atoms with Crippen LogP contribution in [0.2, 0.25) is 10.0 Å². The molecule has 1 unspecified atom stereocenters. The number of rotatable bonds is 5. The molecule has 0 spiro atoms. The third-order valence-electron chi connectivity index (χ3n) is 5.37. The number of halogens is 2. The van der Waals surface area contributed by atoms with Gasteiger partial charge >= 0.3 is 0 Å². The maximum atomic E-state index is 6.30. The Morgan fingerprint density at radius 1 is 0.935 bits per heavy atom. The van der Waals surface area contributed by atoms with Crippen molar-refractivity contribution in [3.63, 3.8) is 0 Å². The third kappa shape index (κ3) is 3.87. The lowest BCUT2D eigenvalue weighted by Crippen LogP contribution is -2.04. The Kier molecular flexibility index (Phi) is 5.53. The average Bonchev–Trinajstić information content (AvgIpc) is 3.43. The van der Waals surface area contributed by atoms with E-state index in [4.69, 9.17) is 28.2 Å². The van der Waals surface area contributed by atoms with Gasteiger partial charge in [-0.2, -0.15) is 0 Å². The monoisotopic (exact) mass is 463 g/mol. The largest absolute Gasteiger partial charge is 0.296 e. The first kappa shape index (κ1) is 20.3. The molecule has 2 heterocycles. The molecular formula is C25H19Cl2N3S. The molecule has 3 aromatic carbocycles. The Labute approximate surface area is 194 Å². The molecule has 0 bridgehead atoms. The molecule has 0 aliphatic heterocycles. The summed E-state index contributed by atoms with van der Waals surface area (Å²) in [5.74, 6) is 1.03. The fourth-order valence-corrected chi connectivity index (χ4v) is 5.07. The fraction of sp³-hybridized carbons (Fsp3) is 0.120. The topological polar surface area (TPSA) is 30.7 Å². The number of fused-ring (bicyclic) bond motifs is 1. The van der Waals surface area contributed by atoms with E-state index in [1.54, 1.807) is 11.3 Å². The second kappa shape index (κ2) is 8.46. The highest BCUT2D eigenvalue weighted by Crippen LogP contribution is 2.36. The lowest BCUT2D eigenvalue weighted by atomic mass is 9.91. The zero-order chi connectivity index (χ0) is 21.4. The Bertz CT molecular complexity index is 1340. The van der Waals surface area contributed by atoms with Gasteiger partial charge in [0.1, 0.15) is 10.8 Å². The SMILES string of the molecule is CCc1nc2ccc(C(c3ccc(Cl)cc3)c3nccs3)cc2n1-c1cccc(Cl)c1. The molecule has 5 rings (SSSR count). The molecule has 5 aromatic rings. The summed E-state index contributed by atoms with van der Waals surface area (Å²) in [5.41, 5.74) is 5.36. The minimum absolute atomic E-state index is 0.0226. The van der Waals surface area contributed by atoms with E-state index in [-0.39, 0.29) is 5.92 Å². The summed E-state index contributed by atoms with van der Waals surface area (Å²) in [6.45, 7) is 2.12. The van der Waals surface area contributed by atoms with Crippen LogP contribution in [-0.4, -0.2) is 14.5 Å². The first-order chi connectivity index (χ1) is 15.1.